The Hall–Kier alpha value is -0.970. The third kappa shape index (κ3) is 2.71. The van der Waals surface area contributed by atoms with Gasteiger partial charge in [-0.1, -0.05) is 21.2 Å². The fraction of sp³-hybridized carbons (Fsp3) is 0. The summed E-state index contributed by atoms with van der Waals surface area (Å²) in [4.78, 5) is -0.0808. The maximum atomic E-state index is 12.1. The summed E-state index contributed by atoms with van der Waals surface area (Å²) in [6, 6.07) is 2.72. The SMILES string of the molecule is Nc1cc(Cl)cc(S(=O)(=O)Nc2nnns2)c1Br. The average Bonchev–Trinajstić information content (AvgIpc) is 2.75. The number of halogens is 2. The molecule has 0 fully saturated rings. The molecule has 0 atom stereocenters. The largest absolute Gasteiger partial charge is 0.398 e. The summed E-state index contributed by atoms with van der Waals surface area (Å²) in [5, 5.41) is 7.05. The van der Waals surface area contributed by atoms with E-state index < -0.39 is 10.0 Å². The van der Waals surface area contributed by atoms with E-state index in [1.807, 2.05) is 0 Å². The van der Waals surface area contributed by atoms with Crippen LogP contribution in [-0.2, 0) is 10.0 Å². The number of aromatic nitrogens is 3. The van der Waals surface area contributed by atoms with Gasteiger partial charge in [-0.3, -0.25) is 4.72 Å². The van der Waals surface area contributed by atoms with Crippen molar-refractivity contribution in [2.24, 2.45) is 0 Å². The summed E-state index contributed by atoms with van der Waals surface area (Å²) in [6.07, 6.45) is 0. The van der Waals surface area contributed by atoms with Crippen molar-refractivity contribution in [3.63, 3.8) is 0 Å². The van der Waals surface area contributed by atoms with Crippen molar-refractivity contribution < 1.29 is 8.42 Å². The van der Waals surface area contributed by atoms with Gasteiger partial charge in [0.05, 0.1) is 4.47 Å². The predicted molar refractivity (Wildman–Crippen MR) is 72.1 cm³/mol. The van der Waals surface area contributed by atoms with E-state index in [4.69, 9.17) is 17.3 Å². The number of hydrogen-bond acceptors (Lipinski definition) is 7. The van der Waals surface area contributed by atoms with E-state index in [1.54, 1.807) is 0 Å². The van der Waals surface area contributed by atoms with Crippen molar-refractivity contribution in [3.8, 4) is 0 Å². The smallest absolute Gasteiger partial charge is 0.265 e. The third-order valence-electron chi connectivity index (χ3n) is 1.84. The Morgan fingerprint density at radius 3 is 2.78 bits per heavy atom. The third-order valence-corrected chi connectivity index (χ3v) is 5.21. The molecular formula is C7H5BrClN5O2S2. The Labute approximate surface area is 120 Å². The highest BCUT2D eigenvalue weighted by Crippen LogP contribution is 2.32. The minimum Gasteiger partial charge on any atom is -0.398 e. The number of anilines is 2. The van der Waals surface area contributed by atoms with Gasteiger partial charge in [0.25, 0.3) is 10.0 Å². The fourth-order valence-corrected chi connectivity index (χ4v) is 4.00. The van der Waals surface area contributed by atoms with Crippen LogP contribution in [0, 0.1) is 0 Å². The first-order valence-corrected chi connectivity index (χ1v) is 7.75. The molecular weight excluding hydrogens is 366 g/mol. The van der Waals surface area contributed by atoms with E-state index >= 15 is 0 Å². The molecule has 2 rings (SSSR count). The van der Waals surface area contributed by atoms with Gasteiger partial charge >= 0.3 is 0 Å². The zero-order chi connectivity index (χ0) is 13.3. The fourth-order valence-electron chi connectivity index (χ4n) is 1.12. The summed E-state index contributed by atoms with van der Waals surface area (Å²) >= 11 is 9.70. The van der Waals surface area contributed by atoms with E-state index in [-0.39, 0.29) is 25.2 Å². The van der Waals surface area contributed by atoms with Crippen molar-refractivity contribution in [3.05, 3.63) is 21.6 Å². The molecule has 3 N–H and O–H groups in total. The van der Waals surface area contributed by atoms with Crippen molar-refractivity contribution in [2.45, 2.75) is 4.90 Å². The predicted octanol–water partition coefficient (Wildman–Crippen LogP) is 1.73. The zero-order valence-corrected chi connectivity index (χ0v) is 12.4. The number of nitrogens with one attached hydrogen (secondary N) is 1. The average molecular weight is 371 g/mol. The van der Waals surface area contributed by atoms with Gasteiger partial charge in [-0.2, -0.15) is 0 Å². The van der Waals surface area contributed by atoms with Crippen LogP contribution in [0.4, 0.5) is 10.8 Å². The molecule has 0 spiro atoms. The Morgan fingerprint density at radius 2 is 2.17 bits per heavy atom. The van der Waals surface area contributed by atoms with Crippen molar-refractivity contribution in [1.82, 2.24) is 14.8 Å². The second-order valence-electron chi connectivity index (χ2n) is 3.08. The standard InChI is InChI=1S/C7H5BrClN5O2S2/c8-6-4(10)1-3(9)2-5(6)18(15,16)12-7-11-13-14-17-7/h1-2H,10H2,(H,11,12,14). The second kappa shape index (κ2) is 4.96. The van der Waals surface area contributed by atoms with Gasteiger partial charge in [0.2, 0.25) is 5.13 Å². The van der Waals surface area contributed by atoms with Crippen LogP contribution in [0.2, 0.25) is 5.02 Å². The molecule has 0 saturated heterocycles. The molecule has 11 heteroatoms. The van der Waals surface area contributed by atoms with E-state index in [2.05, 4.69) is 35.5 Å². The van der Waals surface area contributed by atoms with Crippen LogP contribution < -0.4 is 10.5 Å². The van der Waals surface area contributed by atoms with Crippen molar-refractivity contribution in [2.75, 3.05) is 10.5 Å². The summed E-state index contributed by atoms with van der Waals surface area (Å²) < 4.78 is 30.1. The molecule has 0 aliphatic rings. The number of nitrogen functional groups attached to an aromatic ring is 1. The minimum atomic E-state index is -3.85. The maximum absolute atomic E-state index is 12.1. The van der Waals surface area contributed by atoms with Crippen molar-refractivity contribution >= 4 is 59.9 Å². The number of benzene rings is 1. The molecule has 2 aromatic rings. The number of rotatable bonds is 3. The van der Waals surface area contributed by atoms with Gasteiger partial charge in [-0.25, -0.2) is 8.42 Å². The topological polar surface area (TPSA) is 111 Å². The Balaban J connectivity index is 2.48. The van der Waals surface area contributed by atoms with Gasteiger partial charge in [0, 0.05) is 22.2 Å². The lowest BCUT2D eigenvalue weighted by Gasteiger charge is -2.09. The molecule has 18 heavy (non-hydrogen) atoms. The van der Waals surface area contributed by atoms with Crippen LogP contribution in [0.3, 0.4) is 0 Å². The van der Waals surface area contributed by atoms with E-state index in [1.165, 1.54) is 12.1 Å². The van der Waals surface area contributed by atoms with Gasteiger partial charge in [0.15, 0.2) is 0 Å². The number of nitrogens with two attached hydrogens (primary N) is 1. The number of nitrogens with zero attached hydrogens (tertiary/aromatic N) is 3. The zero-order valence-electron chi connectivity index (χ0n) is 8.46. The molecule has 0 aliphatic heterocycles. The monoisotopic (exact) mass is 369 g/mol. The van der Waals surface area contributed by atoms with E-state index in [0.29, 0.717) is 0 Å². The normalized spacial score (nSPS) is 11.4. The van der Waals surface area contributed by atoms with Crippen LogP contribution >= 0.6 is 39.1 Å². The number of hydrogen-bond donors (Lipinski definition) is 2. The summed E-state index contributed by atoms with van der Waals surface area (Å²) in [6.45, 7) is 0. The maximum Gasteiger partial charge on any atom is 0.265 e. The summed E-state index contributed by atoms with van der Waals surface area (Å²) in [5.74, 6) is 0. The minimum absolute atomic E-state index is 0.0560. The molecule has 1 heterocycles. The Morgan fingerprint density at radius 1 is 1.44 bits per heavy atom. The van der Waals surface area contributed by atoms with Crippen LogP contribution in [0.1, 0.15) is 0 Å². The lowest BCUT2D eigenvalue weighted by Crippen LogP contribution is -2.14. The quantitative estimate of drug-likeness (QED) is 0.796. The van der Waals surface area contributed by atoms with Crippen molar-refractivity contribution in [1.29, 1.82) is 0 Å². The molecule has 0 unspecified atom stereocenters. The molecule has 0 amide bonds. The van der Waals surface area contributed by atoms with Gasteiger partial charge in [-0.15, -0.1) is 0 Å². The number of sulfonamides is 1. The van der Waals surface area contributed by atoms with Crippen LogP contribution in [0.5, 0.6) is 0 Å². The van der Waals surface area contributed by atoms with Crippen LogP contribution in [0.15, 0.2) is 21.5 Å². The van der Waals surface area contributed by atoms with Crippen LogP contribution in [-0.4, -0.2) is 23.2 Å². The second-order valence-corrected chi connectivity index (χ2v) is 6.69. The van der Waals surface area contributed by atoms with Gasteiger partial charge < -0.3 is 5.73 Å². The van der Waals surface area contributed by atoms with E-state index in [0.717, 1.165) is 11.5 Å². The van der Waals surface area contributed by atoms with Crippen LogP contribution in [0.25, 0.3) is 0 Å². The molecule has 0 bridgehead atoms. The highest BCUT2D eigenvalue weighted by Gasteiger charge is 2.21. The first kappa shape index (κ1) is 13.5. The first-order chi connectivity index (χ1) is 8.40. The Bertz CT molecular complexity index is 675. The Kier molecular flexibility index (Phi) is 3.71. The molecule has 96 valence electrons. The molecule has 1 aromatic heterocycles. The molecule has 0 radical (unpaired) electrons. The summed E-state index contributed by atoms with van der Waals surface area (Å²) in [7, 11) is -3.85. The lowest BCUT2D eigenvalue weighted by atomic mass is 10.3. The molecule has 0 aliphatic carbocycles. The van der Waals surface area contributed by atoms with Gasteiger partial charge in [-0.05, 0) is 33.3 Å². The summed E-state index contributed by atoms with van der Waals surface area (Å²) in [5.41, 5.74) is 5.85. The van der Waals surface area contributed by atoms with Gasteiger partial charge in [0.1, 0.15) is 4.90 Å². The highest BCUT2D eigenvalue weighted by atomic mass is 79.9. The molecule has 1 aromatic carbocycles. The first-order valence-electron chi connectivity index (χ1n) is 4.32. The molecule has 0 saturated carbocycles. The lowest BCUT2D eigenvalue weighted by molar-refractivity contribution is 0.600. The van der Waals surface area contributed by atoms with E-state index in [9.17, 15) is 8.42 Å². The highest BCUT2D eigenvalue weighted by molar-refractivity contribution is 9.10. The molecule has 7 nitrogen and oxygen atoms in total.